The lowest BCUT2D eigenvalue weighted by atomic mass is 9.88. The minimum atomic E-state index is -1.28. The van der Waals surface area contributed by atoms with E-state index in [9.17, 15) is 14.4 Å². The van der Waals surface area contributed by atoms with Gasteiger partial charge in [0.15, 0.2) is 18.0 Å². The Morgan fingerprint density at radius 1 is 1.27 bits per heavy atom. The van der Waals surface area contributed by atoms with Gasteiger partial charge in [0.1, 0.15) is 11.4 Å². The first-order valence-corrected chi connectivity index (χ1v) is 10.4. The number of aliphatic hydroxyl groups excluding tert-OH is 1. The molecule has 0 aromatic carbocycles. The molecule has 2 heterocycles. The first kappa shape index (κ1) is 24.1. The van der Waals surface area contributed by atoms with Gasteiger partial charge in [-0.2, -0.15) is 0 Å². The van der Waals surface area contributed by atoms with E-state index >= 15 is 0 Å². The molecule has 3 atom stereocenters. The number of unbranched alkanes of at least 4 members (excludes halogenated alkanes) is 3. The Hall–Kier alpha value is -2.19. The Morgan fingerprint density at radius 2 is 1.97 bits per heavy atom. The average molecular weight is 424 g/mol. The second-order valence-corrected chi connectivity index (χ2v) is 8.48. The van der Waals surface area contributed by atoms with Crippen LogP contribution in [-0.4, -0.2) is 65.4 Å². The van der Waals surface area contributed by atoms with Crippen molar-refractivity contribution in [1.29, 1.82) is 0 Å². The molecule has 1 N–H and O–H groups in total. The summed E-state index contributed by atoms with van der Waals surface area (Å²) in [6.45, 7) is 7.48. The second-order valence-electron chi connectivity index (χ2n) is 8.48. The number of carbonyl (C=O) groups is 3. The third-order valence-electron chi connectivity index (χ3n) is 5.34. The van der Waals surface area contributed by atoms with E-state index in [1.807, 2.05) is 19.9 Å². The lowest BCUT2D eigenvalue weighted by Crippen LogP contribution is -2.55. The highest BCUT2D eigenvalue weighted by molar-refractivity contribution is 6.03. The number of ether oxygens (including phenoxy) is 3. The van der Waals surface area contributed by atoms with Gasteiger partial charge < -0.3 is 19.3 Å². The number of hydrogen-bond acceptors (Lipinski definition) is 7. The number of hydrogen-bond donors (Lipinski definition) is 1. The summed E-state index contributed by atoms with van der Waals surface area (Å²) in [6.07, 6.45) is 4.77. The molecule has 0 saturated carbocycles. The maximum absolute atomic E-state index is 13.3. The fraction of sp³-hybridized carbons (Fsp3) is 0.682. The van der Waals surface area contributed by atoms with Gasteiger partial charge in [-0.25, -0.2) is 9.69 Å². The monoisotopic (exact) mass is 423 g/mol. The van der Waals surface area contributed by atoms with Crippen LogP contribution in [0.25, 0.3) is 0 Å². The normalized spacial score (nSPS) is 25.6. The zero-order chi connectivity index (χ0) is 22.5. The topological polar surface area (TPSA) is 102 Å². The van der Waals surface area contributed by atoms with Gasteiger partial charge in [-0.3, -0.25) is 9.59 Å². The van der Waals surface area contributed by atoms with Crippen LogP contribution >= 0.6 is 0 Å². The first-order valence-electron chi connectivity index (χ1n) is 10.4. The number of carbonyl (C=O) groups excluding carboxylic acids is 3. The van der Waals surface area contributed by atoms with Crippen molar-refractivity contribution in [2.75, 3.05) is 13.7 Å². The van der Waals surface area contributed by atoms with Crippen molar-refractivity contribution in [3.63, 3.8) is 0 Å². The summed E-state index contributed by atoms with van der Waals surface area (Å²) < 4.78 is 16.5. The number of nitrogens with zero attached hydrogens (tertiary/aromatic N) is 1. The number of aliphatic hydroxyl groups is 1. The van der Waals surface area contributed by atoms with Crippen molar-refractivity contribution >= 4 is 17.8 Å². The molecule has 0 aliphatic carbocycles. The van der Waals surface area contributed by atoms with Gasteiger partial charge in [0.05, 0.1) is 6.04 Å². The van der Waals surface area contributed by atoms with Gasteiger partial charge in [-0.1, -0.05) is 20.3 Å². The van der Waals surface area contributed by atoms with Gasteiger partial charge in [0.25, 0.3) is 5.91 Å². The smallest absolute Gasteiger partial charge is 0.417 e. The second kappa shape index (κ2) is 10.2. The number of allylic oxidation sites excluding steroid dienone is 2. The molecular formula is C22H33NO7. The third kappa shape index (κ3) is 5.29. The number of imide groups is 1. The Bertz CT molecular complexity index is 710. The van der Waals surface area contributed by atoms with Crippen LogP contribution in [0.3, 0.4) is 0 Å². The highest BCUT2D eigenvalue weighted by Gasteiger charge is 2.54. The highest BCUT2D eigenvalue weighted by atomic mass is 16.6. The van der Waals surface area contributed by atoms with Crippen LogP contribution in [0.15, 0.2) is 24.0 Å². The van der Waals surface area contributed by atoms with Crippen LogP contribution in [0.5, 0.6) is 0 Å². The molecule has 0 radical (unpaired) electrons. The molecule has 2 aliphatic heterocycles. The standard InChI is InChI=1S/C22H33NO7/c1-14(2)19-22(3,4)30-21(27)23(19)20(26)18(28-5)17-16(25)12-11-15(29-17)10-8-6-7-9-13-24/h10-12,14,17-19,24H,6-9,13H2,1-5H3. The molecule has 0 aromatic heterocycles. The molecule has 3 unspecified atom stereocenters. The first-order chi connectivity index (χ1) is 14.1. The van der Waals surface area contributed by atoms with E-state index in [1.165, 1.54) is 13.2 Å². The van der Waals surface area contributed by atoms with Gasteiger partial charge in [-0.15, -0.1) is 0 Å². The fourth-order valence-electron chi connectivity index (χ4n) is 4.09. The fourth-order valence-corrected chi connectivity index (χ4v) is 4.09. The lowest BCUT2D eigenvalue weighted by molar-refractivity contribution is -0.154. The van der Waals surface area contributed by atoms with Crippen molar-refractivity contribution in [3.05, 3.63) is 24.0 Å². The summed E-state index contributed by atoms with van der Waals surface area (Å²) in [5.74, 6) is -0.628. The van der Waals surface area contributed by atoms with Gasteiger partial charge in [-0.05, 0) is 57.3 Å². The molecule has 2 rings (SSSR count). The SMILES string of the molecule is COC(C(=O)N1C(=O)OC(C)(C)C1C(C)C)C1OC(=CCCCCCO)C=CC1=O. The van der Waals surface area contributed by atoms with Crippen LogP contribution in [0.2, 0.25) is 0 Å². The van der Waals surface area contributed by atoms with Crippen LogP contribution in [0.4, 0.5) is 4.79 Å². The summed E-state index contributed by atoms with van der Waals surface area (Å²) in [5, 5.41) is 8.84. The van der Waals surface area contributed by atoms with E-state index in [1.54, 1.807) is 19.9 Å². The summed E-state index contributed by atoms with van der Waals surface area (Å²) in [7, 11) is 1.31. The number of amides is 2. The van der Waals surface area contributed by atoms with Gasteiger partial charge in [0.2, 0.25) is 0 Å². The van der Waals surface area contributed by atoms with E-state index < -0.39 is 41.6 Å². The van der Waals surface area contributed by atoms with Crippen LogP contribution in [0.1, 0.15) is 53.4 Å². The lowest BCUT2D eigenvalue weighted by Gasteiger charge is -2.34. The van der Waals surface area contributed by atoms with E-state index in [4.69, 9.17) is 19.3 Å². The molecule has 2 amide bonds. The third-order valence-corrected chi connectivity index (χ3v) is 5.34. The van der Waals surface area contributed by atoms with Gasteiger partial charge >= 0.3 is 6.09 Å². The van der Waals surface area contributed by atoms with Crippen molar-refractivity contribution in [2.24, 2.45) is 5.92 Å². The van der Waals surface area contributed by atoms with E-state index in [0.717, 1.165) is 24.2 Å². The van der Waals surface area contributed by atoms with Crippen LogP contribution in [0, 0.1) is 5.92 Å². The summed E-state index contributed by atoms with van der Waals surface area (Å²) in [5.41, 5.74) is -0.851. The van der Waals surface area contributed by atoms with Crippen LogP contribution < -0.4 is 0 Å². The molecule has 2 aliphatic rings. The molecule has 1 fully saturated rings. The summed E-state index contributed by atoms with van der Waals surface area (Å²) >= 11 is 0. The van der Waals surface area contributed by atoms with Crippen molar-refractivity contribution in [3.8, 4) is 0 Å². The molecule has 30 heavy (non-hydrogen) atoms. The van der Waals surface area contributed by atoms with Gasteiger partial charge in [0, 0.05) is 13.7 Å². The maximum atomic E-state index is 13.3. The average Bonchev–Trinajstić information content (AvgIpc) is 2.92. The number of cyclic esters (lactones) is 1. The minimum Gasteiger partial charge on any atom is -0.479 e. The predicted octanol–water partition coefficient (Wildman–Crippen LogP) is 2.74. The Morgan fingerprint density at radius 3 is 2.57 bits per heavy atom. The molecule has 0 bridgehead atoms. The number of rotatable bonds is 9. The van der Waals surface area contributed by atoms with Crippen LogP contribution in [-0.2, 0) is 23.8 Å². The quantitative estimate of drug-likeness (QED) is 0.569. The summed E-state index contributed by atoms with van der Waals surface area (Å²) in [6, 6.07) is -0.495. The van der Waals surface area contributed by atoms with Crippen molar-refractivity contribution in [1.82, 2.24) is 4.90 Å². The Balaban J connectivity index is 2.18. The zero-order valence-corrected chi connectivity index (χ0v) is 18.4. The number of ketones is 1. The molecule has 0 spiro atoms. The largest absolute Gasteiger partial charge is 0.479 e. The molecular weight excluding hydrogens is 390 g/mol. The molecule has 0 aromatic rings. The predicted molar refractivity (Wildman–Crippen MR) is 109 cm³/mol. The highest BCUT2D eigenvalue weighted by Crippen LogP contribution is 2.35. The number of methoxy groups -OCH3 is 1. The maximum Gasteiger partial charge on any atom is 0.417 e. The molecule has 1 saturated heterocycles. The van der Waals surface area contributed by atoms with E-state index in [2.05, 4.69) is 0 Å². The Labute approximate surface area is 177 Å². The zero-order valence-electron chi connectivity index (χ0n) is 18.4. The summed E-state index contributed by atoms with van der Waals surface area (Å²) in [4.78, 5) is 39.3. The molecule has 8 heteroatoms. The molecule has 168 valence electrons. The van der Waals surface area contributed by atoms with E-state index in [-0.39, 0.29) is 12.5 Å². The van der Waals surface area contributed by atoms with Crippen molar-refractivity contribution < 1.29 is 33.7 Å². The van der Waals surface area contributed by atoms with Crippen molar-refractivity contribution in [2.45, 2.75) is 77.2 Å². The molecule has 8 nitrogen and oxygen atoms in total. The minimum absolute atomic E-state index is 0.0508. The Kier molecular flexibility index (Phi) is 8.20. The van der Waals surface area contributed by atoms with E-state index in [0.29, 0.717) is 12.2 Å².